The van der Waals surface area contributed by atoms with Crippen LogP contribution in [0.3, 0.4) is 0 Å². The Kier molecular flexibility index (Phi) is 1.84. The van der Waals surface area contributed by atoms with Gasteiger partial charge in [-0.05, 0) is 50.1 Å². The van der Waals surface area contributed by atoms with Gasteiger partial charge >= 0.3 is 0 Å². The number of hydrogen-bond donors (Lipinski definition) is 0. The van der Waals surface area contributed by atoms with Crippen molar-refractivity contribution >= 4 is 21.9 Å². The second kappa shape index (κ2) is 3.11. The van der Waals surface area contributed by atoms with Crippen molar-refractivity contribution < 1.29 is 4.42 Å². The zero-order valence-corrected chi connectivity index (χ0v) is 9.79. The van der Waals surface area contributed by atoms with Gasteiger partial charge in [0.25, 0.3) is 0 Å². The highest BCUT2D eigenvalue weighted by Crippen LogP contribution is 2.32. The largest absolute Gasteiger partial charge is 0.456 e. The summed E-state index contributed by atoms with van der Waals surface area (Å²) in [6, 6.07) is 10.7. The summed E-state index contributed by atoms with van der Waals surface area (Å²) in [5.74, 6) is 0. The minimum Gasteiger partial charge on any atom is -0.456 e. The fraction of sp³-hybridized carbons (Fsp3) is 0.200. The summed E-state index contributed by atoms with van der Waals surface area (Å²) in [7, 11) is 0. The number of rotatable bonds is 0. The van der Waals surface area contributed by atoms with Crippen molar-refractivity contribution in [1.82, 2.24) is 0 Å². The van der Waals surface area contributed by atoms with Crippen molar-refractivity contribution in [2.75, 3.05) is 0 Å². The van der Waals surface area contributed by atoms with Gasteiger partial charge in [-0.15, -0.1) is 0 Å². The van der Waals surface area contributed by atoms with Crippen molar-refractivity contribution in [3.63, 3.8) is 0 Å². The van der Waals surface area contributed by atoms with E-state index in [1.165, 1.54) is 27.5 Å². The SMILES string of the molecule is Cc1ccc2oc3c(C)cc(C)cc3c2c1. The van der Waals surface area contributed by atoms with E-state index < -0.39 is 0 Å². The van der Waals surface area contributed by atoms with E-state index in [4.69, 9.17) is 4.42 Å². The Morgan fingerprint density at radius 2 is 1.56 bits per heavy atom. The average molecular weight is 210 g/mol. The van der Waals surface area contributed by atoms with Crippen LogP contribution < -0.4 is 0 Å². The molecule has 0 saturated heterocycles. The van der Waals surface area contributed by atoms with Gasteiger partial charge in [0.15, 0.2) is 0 Å². The zero-order valence-electron chi connectivity index (χ0n) is 9.79. The molecular formula is C15H14O. The maximum absolute atomic E-state index is 5.89. The number of aryl methyl sites for hydroxylation is 3. The number of benzene rings is 2. The molecule has 0 aliphatic heterocycles. The van der Waals surface area contributed by atoms with Crippen LogP contribution in [0.15, 0.2) is 34.7 Å². The monoisotopic (exact) mass is 210 g/mol. The standard InChI is InChI=1S/C15H14O/c1-9-4-5-14-12(7-9)13-8-10(2)6-11(3)15(13)16-14/h4-8H,1-3H3. The predicted octanol–water partition coefficient (Wildman–Crippen LogP) is 4.51. The van der Waals surface area contributed by atoms with E-state index in [9.17, 15) is 0 Å². The lowest BCUT2D eigenvalue weighted by atomic mass is 10.1. The Balaban J connectivity index is 2.57. The fourth-order valence-electron chi connectivity index (χ4n) is 2.34. The molecule has 1 aromatic heterocycles. The maximum Gasteiger partial charge on any atom is 0.138 e. The number of fused-ring (bicyclic) bond motifs is 3. The molecule has 80 valence electrons. The van der Waals surface area contributed by atoms with Crippen LogP contribution in [0.25, 0.3) is 21.9 Å². The number of hydrogen-bond acceptors (Lipinski definition) is 1. The van der Waals surface area contributed by atoms with Crippen LogP contribution >= 0.6 is 0 Å². The van der Waals surface area contributed by atoms with E-state index in [0.717, 1.165) is 11.2 Å². The Hall–Kier alpha value is -1.76. The van der Waals surface area contributed by atoms with Crippen molar-refractivity contribution in [3.8, 4) is 0 Å². The molecule has 16 heavy (non-hydrogen) atoms. The molecule has 0 aliphatic rings. The minimum atomic E-state index is 0.981. The van der Waals surface area contributed by atoms with Crippen LogP contribution in [-0.2, 0) is 0 Å². The van der Waals surface area contributed by atoms with E-state index in [0.29, 0.717) is 0 Å². The Morgan fingerprint density at radius 3 is 2.38 bits per heavy atom. The van der Waals surface area contributed by atoms with E-state index in [1.54, 1.807) is 0 Å². The maximum atomic E-state index is 5.89. The highest BCUT2D eigenvalue weighted by molar-refractivity contribution is 6.06. The van der Waals surface area contributed by atoms with Crippen LogP contribution in [0.5, 0.6) is 0 Å². The third-order valence-corrected chi connectivity index (χ3v) is 3.06. The summed E-state index contributed by atoms with van der Waals surface area (Å²) in [6.45, 7) is 6.34. The minimum absolute atomic E-state index is 0.981. The lowest BCUT2D eigenvalue weighted by Crippen LogP contribution is -1.77. The molecule has 0 aliphatic carbocycles. The highest BCUT2D eigenvalue weighted by atomic mass is 16.3. The quantitative estimate of drug-likeness (QED) is 0.532. The predicted molar refractivity (Wildman–Crippen MR) is 67.9 cm³/mol. The van der Waals surface area contributed by atoms with Crippen molar-refractivity contribution in [3.05, 3.63) is 47.0 Å². The number of furan rings is 1. The first kappa shape index (κ1) is 9.46. The Labute approximate surface area is 94.7 Å². The summed E-state index contributed by atoms with van der Waals surface area (Å²) in [4.78, 5) is 0. The Bertz CT molecular complexity index is 689. The molecule has 0 saturated carbocycles. The van der Waals surface area contributed by atoms with Crippen molar-refractivity contribution in [2.45, 2.75) is 20.8 Å². The van der Waals surface area contributed by atoms with Crippen molar-refractivity contribution in [2.24, 2.45) is 0 Å². The second-order valence-electron chi connectivity index (χ2n) is 4.56. The molecule has 2 aromatic carbocycles. The van der Waals surface area contributed by atoms with Crippen molar-refractivity contribution in [1.29, 1.82) is 0 Å². The molecule has 0 bridgehead atoms. The molecule has 0 unspecified atom stereocenters. The van der Waals surface area contributed by atoms with Crippen LogP contribution in [0.2, 0.25) is 0 Å². The molecule has 1 heterocycles. The third kappa shape index (κ3) is 1.25. The molecule has 0 atom stereocenters. The topological polar surface area (TPSA) is 13.1 Å². The van der Waals surface area contributed by atoms with Crippen LogP contribution in [0.1, 0.15) is 16.7 Å². The first-order chi connectivity index (χ1) is 7.65. The first-order valence-corrected chi connectivity index (χ1v) is 5.55. The van der Waals surface area contributed by atoms with Gasteiger partial charge in [0.1, 0.15) is 11.2 Å². The van der Waals surface area contributed by atoms with Gasteiger partial charge in [-0.25, -0.2) is 0 Å². The second-order valence-corrected chi connectivity index (χ2v) is 4.56. The first-order valence-electron chi connectivity index (χ1n) is 5.55. The molecule has 0 N–H and O–H groups in total. The molecule has 0 amide bonds. The fourth-order valence-corrected chi connectivity index (χ4v) is 2.34. The smallest absolute Gasteiger partial charge is 0.138 e. The molecule has 1 nitrogen and oxygen atoms in total. The Morgan fingerprint density at radius 1 is 0.812 bits per heavy atom. The van der Waals surface area contributed by atoms with Gasteiger partial charge in [-0.3, -0.25) is 0 Å². The van der Waals surface area contributed by atoms with Crippen LogP contribution in [0.4, 0.5) is 0 Å². The molecule has 3 rings (SSSR count). The molecule has 1 heteroatoms. The van der Waals surface area contributed by atoms with Gasteiger partial charge in [-0.1, -0.05) is 17.7 Å². The molecule has 0 radical (unpaired) electrons. The van der Waals surface area contributed by atoms with E-state index in [1.807, 2.05) is 0 Å². The molecular weight excluding hydrogens is 196 g/mol. The van der Waals surface area contributed by atoms with Gasteiger partial charge in [0.05, 0.1) is 0 Å². The van der Waals surface area contributed by atoms with Crippen LogP contribution in [0, 0.1) is 20.8 Å². The van der Waals surface area contributed by atoms with Crippen LogP contribution in [-0.4, -0.2) is 0 Å². The van der Waals surface area contributed by atoms with Gasteiger partial charge in [0, 0.05) is 10.8 Å². The van der Waals surface area contributed by atoms with Gasteiger partial charge in [-0.2, -0.15) is 0 Å². The lowest BCUT2D eigenvalue weighted by Gasteiger charge is -1.97. The molecule has 3 aromatic rings. The molecule has 0 fully saturated rings. The van der Waals surface area contributed by atoms with E-state index in [-0.39, 0.29) is 0 Å². The van der Waals surface area contributed by atoms with E-state index in [2.05, 4.69) is 51.1 Å². The highest BCUT2D eigenvalue weighted by Gasteiger charge is 2.09. The average Bonchev–Trinajstić information content (AvgIpc) is 2.57. The van der Waals surface area contributed by atoms with Gasteiger partial charge in [0.2, 0.25) is 0 Å². The third-order valence-electron chi connectivity index (χ3n) is 3.06. The van der Waals surface area contributed by atoms with Gasteiger partial charge < -0.3 is 4.42 Å². The summed E-state index contributed by atoms with van der Waals surface area (Å²) in [5.41, 5.74) is 5.77. The molecule has 0 spiro atoms. The summed E-state index contributed by atoms with van der Waals surface area (Å²) < 4.78 is 5.89. The summed E-state index contributed by atoms with van der Waals surface area (Å²) in [6.07, 6.45) is 0. The normalized spacial score (nSPS) is 11.4. The van der Waals surface area contributed by atoms with E-state index >= 15 is 0 Å². The summed E-state index contributed by atoms with van der Waals surface area (Å²) in [5, 5.41) is 2.46. The zero-order chi connectivity index (χ0) is 11.3. The summed E-state index contributed by atoms with van der Waals surface area (Å²) >= 11 is 0. The lowest BCUT2D eigenvalue weighted by molar-refractivity contribution is 0.665.